The van der Waals surface area contributed by atoms with Crippen LogP contribution in [0.5, 0.6) is 0 Å². The lowest BCUT2D eigenvalue weighted by molar-refractivity contribution is 0.462. The van der Waals surface area contributed by atoms with Gasteiger partial charge in [0.1, 0.15) is 0 Å². The van der Waals surface area contributed by atoms with Gasteiger partial charge in [0.05, 0.1) is 17.2 Å². The Labute approximate surface area is 178 Å². The third-order valence-corrected chi connectivity index (χ3v) is 6.16. The molecular formula is C17H23IN6S2. The molecule has 0 bridgehead atoms. The average Bonchev–Trinajstić information content (AvgIpc) is 3.36. The molecule has 26 heavy (non-hydrogen) atoms. The molecule has 0 spiro atoms. The van der Waals surface area contributed by atoms with Crippen LogP contribution in [0.3, 0.4) is 0 Å². The zero-order valence-electron chi connectivity index (χ0n) is 14.6. The van der Waals surface area contributed by atoms with Crippen molar-refractivity contribution in [2.75, 3.05) is 25.0 Å². The monoisotopic (exact) mass is 502 g/mol. The number of hydrogen-bond acceptors (Lipinski definition) is 5. The van der Waals surface area contributed by atoms with E-state index >= 15 is 0 Å². The van der Waals surface area contributed by atoms with Gasteiger partial charge in [0, 0.05) is 44.0 Å². The van der Waals surface area contributed by atoms with Gasteiger partial charge in [0.15, 0.2) is 10.9 Å². The maximum absolute atomic E-state index is 4.59. The van der Waals surface area contributed by atoms with Gasteiger partial charge < -0.3 is 15.5 Å². The van der Waals surface area contributed by atoms with Crippen molar-refractivity contribution in [2.45, 2.75) is 25.4 Å². The Morgan fingerprint density at radius 1 is 1.31 bits per heavy atom. The quantitative estimate of drug-likeness (QED) is 0.326. The van der Waals surface area contributed by atoms with E-state index in [-0.39, 0.29) is 24.0 Å². The minimum absolute atomic E-state index is 0. The summed E-state index contributed by atoms with van der Waals surface area (Å²) in [7, 11) is 1.82. The standard InChI is InChI=1S/C17H22N6S2.HI/c1-18-16(19-11-14-12-23-8-10-25-17(23)21-14)20-13-4-6-22(7-5-13)15-3-2-9-24-15;/h2-3,8-10,12-13H,4-7,11H2,1H3,(H2,18,19,20);1H. The third kappa shape index (κ3) is 4.49. The molecule has 1 saturated heterocycles. The van der Waals surface area contributed by atoms with Crippen LogP contribution in [0, 0.1) is 0 Å². The van der Waals surface area contributed by atoms with Gasteiger partial charge >= 0.3 is 0 Å². The Balaban J connectivity index is 0.00000196. The van der Waals surface area contributed by atoms with E-state index in [1.807, 2.05) is 30.0 Å². The highest BCUT2D eigenvalue weighted by Gasteiger charge is 2.20. The molecule has 6 nitrogen and oxygen atoms in total. The second-order valence-electron chi connectivity index (χ2n) is 6.11. The predicted octanol–water partition coefficient (Wildman–Crippen LogP) is 3.41. The second-order valence-corrected chi connectivity index (χ2v) is 7.91. The summed E-state index contributed by atoms with van der Waals surface area (Å²) in [6.45, 7) is 2.86. The highest BCUT2D eigenvalue weighted by molar-refractivity contribution is 14.0. The third-order valence-electron chi connectivity index (χ3n) is 4.46. The van der Waals surface area contributed by atoms with Crippen molar-refractivity contribution < 1.29 is 0 Å². The summed E-state index contributed by atoms with van der Waals surface area (Å²) in [5.41, 5.74) is 1.03. The van der Waals surface area contributed by atoms with Gasteiger partial charge in [-0.05, 0) is 30.4 Å². The molecule has 3 aromatic heterocycles. The Kier molecular flexibility index (Phi) is 6.76. The zero-order valence-corrected chi connectivity index (χ0v) is 18.6. The van der Waals surface area contributed by atoms with E-state index < -0.39 is 0 Å². The van der Waals surface area contributed by atoms with Gasteiger partial charge in [-0.1, -0.05) is 0 Å². The lowest BCUT2D eigenvalue weighted by Gasteiger charge is -2.33. The maximum atomic E-state index is 4.59. The summed E-state index contributed by atoms with van der Waals surface area (Å²) in [5.74, 6) is 0.853. The number of rotatable bonds is 4. The number of aromatic nitrogens is 2. The van der Waals surface area contributed by atoms with E-state index in [1.54, 1.807) is 11.3 Å². The number of hydrogen-bond donors (Lipinski definition) is 2. The lowest BCUT2D eigenvalue weighted by Crippen LogP contribution is -2.48. The number of aliphatic imine (C=N–C) groups is 1. The van der Waals surface area contributed by atoms with Crippen molar-refractivity contribution in [2.24, 2.45) is 4.99 Å². The first-order valence-corrected chi connectivity index (χ1v) is 10.2. The molecule has 1 aliphatic rings. The van der Waals surface area contributed by atoms with Crippen LogP contribution in [0.15, 0.2) is 40.3 Å². The van der Waals surface area contributed by atoms with Crippen molar-refractivity contribution in [3.8, 4) is 0 Å². The van der Waals surface area contributed by atoms with E-state index in [1.165, 1.54) is 5.00 Å². The van der Waals surface area contributed by atoms with E-state index in [0.29, 0.717) is 12.6 Å². The number of nitrogens with zero attached hydrogens (tertiary/aromatic N) is 4. The average molecular weight is 502 g/mol. The van der Waals surface area contributed by atoms with E-state index in [4.69, 9.17) is 0 Å². The van der Waals surface area contributed by atoms with E-state index in [2.05, 4.69) is 53.6 Å². The van der Waals surface area contributed by atoms with Crippen molar-refractivity contribution in [3.63, 3.8) is 0 Å². The van der Waals surface area contributed by atoms with Crippen LogP contribution in [-0.2, 0) is 6.54 Å². The van der Waals surface area contributed by atoms with Crippen LogP contribution in [0.2, 0.25) is 0 Å². The Morgan fingerprint density at radius 3 is 2.85 bits per heavy atom. The molecule has 0 aromatic carbocycles. The molecule has 9 heteroatoms. The zero-order chi connectivity index (χ0) is 17.1. The van der Waals surface area contributed by atoms with E-state index in [9.17, 15) is 0 Å². The summed E-state index contributed by atoms with van der Waals surface area (Å²) < 4.78 is 2.05. The van der Waals surface area contributed by atoms with Crippen LogP contribution in [0.25, 0.3) is 4.96 Å². The predicted molar refractivity (Wildman–Crippen MR) is 121 cm³/mol. The van der Waals surface area contributed by atoms with Crippen molar-refractivity contribution in [1.29, 1.82) is 0 Å². The molecule has 4 rings (SSSR count). The number of fused-ring (bicyclic) bond motifs is 1. The summed E-state index contributed by atoms with van der Waals surface area (Å²) in [5, 5.41) is 12.5. The SMILES string of the molecule is CN=C(NCc1cn2ccsc2n1)NC1CCN(c2cccs2)CC1.I. The normalized spacial score (nSPS) is 15.9. The molecule has 4 heterocycles. The molecule has 0 unspecified atom stereocenters. The topological polar surface area (TPSA) is 57.0 Å². The van der Waals surface area contributed by atoms with Gasteiger partial charge in [0.2, 0.25) is 0 Å². The molecular weight excluding hydrogens is 479 g/mol. The molecule has 1 aliphatic heterocycles. The molecule has 0 radical (unpaired) electrons. The number of thiazole rings is 1. The van der Waals surface area contributed by atoms with Crippen LogP contribution >= 0.6 is 46.7 Å². The first-order chi connectivity index (χ1) is 12.3. The first-order valence-electron chi connectivity index (χ1n) is 8.48. The Hall–Kier alpha value is -1.33. The number of piperidine rings is 1. The van der Waals surface area contributed by atoms with Gasteiger partial charge in [-0.25, -0.2) is 4.98 Å². The highest BCUT2D eigenvalue weighted by Crippen LogP contribution is 2.24. The largest absolute Gasteiger partial charge is 0.363 e. The van der Waals surface area contributed by atoms with Gasteiger partial charge in [-0.3, -0.25) is 9.39 Å². The first kappa shape index (κ1) is 19.4. The fourth-order valence-electron chi connectivity index (χ4n) is 3.12. The summed E-state index contributed by atoms with van der Waals surface area (Å²) in [6.07, 6.45) is 6.34. The number of thiophene rings is 1. The number of halogens is 1. The molecule has 3 aromatic rings. The van der Waals surface area contributed by atoms with Crippen LogP contribution < -0.4 is 15.5 Å². The smallest absolute Gasteiger partial charge is 0.193 e. The van der Waals surface area contributed by atoms with Crippen molar-refractivity contribution in [3.05, 3.63) is 41.0 Å². The highest BCUT2D eigenvalue weighted by atomic mass is 127. The number of nitrogens with one attached hydrogen (secondary N) is 2. The fraction of sp³-hybridized carbons (Fsp3) is 0.412. The Bertz CT molecular complexity index is 804. The fourth-order valence-corrected chi connectivity index (χ4v) is 4.62. The summed E-state index contributed by atoms with van der Waals surface area (Å²) in [6, 6.07) is 4.79. The van der Waals surface area contributed by atoms with Gasteiger partial charge in [-0.15, -0.1) is 46.7 Å². The van der Waals surface area contributed by atoms with Gasteiger partial charge in [-0.2, -0.15) is 0 Å². The molecule has 1 fully saturated rings. The molecule has 140 valence electrons. The molecule has 0 atom stereocenters. The number of imidazole rings is 1. The molecule has 0 aliphatic carbocycles. The van der Waals surface area contributed by atoms with Crippen molar-refractivity contribution >= 4 is 62.6 Å². The molecule has 0 amide bonds. The summed E-state index contributed by atoms with van der Waals surface area (Å²) in [4.78, 5) is 12.5. The van der Waals surface area contributed by atoms with Crippen LogP contribution in [0.4, 0.5) is 5.00 Å². The number of anilines is 1. The summed E-state index contributed by atoms with van der Waals surface area (Å²) >= 11 is 3.47. The number of guanidine groups is 1. The lowest BCUT2D eigenvalue weighted by atomic mass is 10.1. The van der Waals surface area contributed by atoms with Crippen LogP contribution in [-0.4, -0.2) is 41.5 Å². The van der Waals surface area contributed by atoms with Gasteiger partial charge in [0.25, 0.3) is 0 Å². The van der Waals surface area contributed by atoms with Crippen molar-refractivity contribution in [1.82, 2.24) is 20.0 Å². The van der Waals surface area contributed by atoms with E-state index in [0.717, 1.165) is 42.5 Å². The van der Waals surface area contributed by atoms with Crippen LogP contribution in [0.1, 0.15) is 18.5 Å². The maximum Gasteiger partial charge on any atom is 0.193 e. The second kappa shape index (κ2) is 9.05. The Morgan fingerprint density at radius 2 is 2.15 bits per heavy atom. The minimum Gasteiger partial charge on any atom is -0.363 e. The minimum atomic E-state index is 0. The molecule has 0 saturated carbocycles. The molecule has 2 N–H and O–H groups in total.